The lowest BCUT2D eigenvalue weighted by molar-refractivity contribution is 0.0697. The van der Waals surface area contributed by atoms with Crippen LogP contribution in [0.25, 0.3) is 0 Å². The molecule has 1 rings (SSSR count). The van der Waals surface area contributed by atoms with Crippen molar-refractivity contribution in [3.8, 4) is 12.3 Å². The molecule has 0 atom stereocenters. The number of sulfone groups is 1. The van der Waals surface area contributed by atoms with Gasteiger partial charge >= 0.3 is 5.97 Å². The molecule has 1 aromatic rings. The van der Waals surface area contributed by atoms with E-state index in [0.717, 1.165) is 12.1 Å². The van der Waals surface area contributed by atoms with E-state index in [0.29, 0.717) is 0 Å². The molecule has 96 valence electrons. The minimum absolute atomic E-state index is 0.0176. The molecule has 7 heteroatoms. The molecule has 0 amide bonds. The molecule has 0 aliphatic carbocycles. The molecule has 0 aliphatic heterocycles. The summed E-state index contributed by atoms with van der Waals surface area (Å²) in [5.41, 5.74) is -0.319. The van der Waals surface area contributed by atoms with Crippen LogP contribution in [0, 0.1) is 12.3 Å². The zero-order valence-corrected chi connectivity index (χ0v) is 11.3. The van der Waals surface area contributed by atoms with E-state index in [4.69, 9.17) is 34.7 Å². The molecule has 0 radical (unpaired) electrons. The van der Waals surface area contributed by atoms with Crippen LogP contribution in [-0.4, -0.2) is 25.2 Å². The van der Waals surface area contributed by atoms with Crippen LogP contribution in [0.5, 0.6) is 0 Å². The lowest BCUT2D eigenvalue weighted by atomic mass is 10.2. The Kier molecular flexibility index (Phi) is 4.63. The number of benzene rings is 1. The number of carbonyl (C=O) groups is 1. The first kappa shape index (κ1) is 14.8. The van der Waals surface area contributed by atoms with Gasteiger partial charge in [0.2, 0.25) is 0 Å². The van der Waals surface area contributed by atoms with Crippen LogP contribution in [0.2, 0.25) is 10.0 Å². The van der Waals surface area contributed by atoms with Crippen molar-refractivity contribution in [3.63, 3.8) is 0 Å². The Hall–Kier alpha value is -1.22. The fourth-order valence-corrected chi connectivity index (χ4v) is 3.31. The highest BCUT2D eigenvalue weighted by Gasteiger charge is 2.21. The number of hydrogen-bond acceptors (Lipinski definition) is 3. The summed E-state index contributed by atoms with van der Waals surface area (Å²) in [7, 11) is -3.72. The molecular weight excluding hydrogens is 299 g/mol. The van der Waals surface area contributed by atoms with Crippen LogP contribution >= 0.6 is 23.2 Å². The van der Waals surface area contributed by atoms with Crippen molar-refractivity contribution in [3.05, 3.63) is 27.7 Å². The van der Waals surface area contributed by atoms with Crippen molar-refractivity contribution >= 4 is 39.0 Å². The molecule has 1 N–H and O–H groups in total. The van der Waals surface area contributed by atoms with Crippen LogP contribution in [0.3, 0.4) is 0 Å². The highest BCUT2D eigenvalue weighted by atomic mass is 35.5. The summed E-state index contributed by atoms with van der Waals surface area (Å²) >= 11 is 11.4. The molecule has 0 aliphatic rings. The number of carboxylic acid groups (broad SMARTS) is 1. The Labute approximate surface area is 114 Å². The van der Waals surface area contributed by atoms with Crippen molar-refractivity contribution in [2.75, 3.05) is 5.75 Å². The molecule has 0 heterocycles. The highest BCUT2D eigenvalue weighted by Crippen LogP contribution is 2.29. The molecule has 4 nitrogen and oxygen atoms in total. The van der Waals surface area contributed by atoms with Gasteiger partial charge in [-0.25, -0.2) is 13.2 Å². The predicted octanol–water partition coefficient (Wildman–Crippen LogP) is 2.49. The standard InChI is InChI=1S/C11H8Cl2O4S/c1-2-3-4-18(16,17)10-5-7(11(14)15)8(12)6-9(10)13/h1,5-6H,3-4H2,(H,14,15). The topological polar surface area (TPSA) is 71.4 Å². The van der Waals surface area contributed by atoms with Crippen molar-refractivity contribution in [1.82, 2.24) is 0 Å². The summed E-state index contributed by atoms with van der Waals surface area (Å²) in [6.45, 7) is 0. The zero-order chi connectivity index (χ0) is 13.9. The third-order valence-electron chi connectivity index (χ3n) is 2.10. The summed E-state index contributed by atoms with van der Waals surface area (Å²) in [4.78, 5) is 10.6. The maximum Gasteiger partial charge on any atom is 0.337 e. The molecule has 0 unspecified atom stereocenters. The second kappa shape index (κ2) is 5.61. The lowest BCUT2D eigenvalue weighted by Gasteiger charge is -2.07. The van der Waals surface area contributed by atoms with E-state index in [2.05, 4.69) is 5.92 Å². The summed E-state index contributed by atoms with van der Waals surface area (Å²) in [5.74, 6) is 0.567. The minimum Gasteiger partial charge on any atom is -0.478 e. The molecule has 0 spiro atoms. The smallest absolute Gasteiger partial charge is 0.337 e. The molecule has 0 saturated carbocycles. The van der Waals surface area contributed by atoms with Gasteiger partial charge in [-0.05, 0) is 12.1 Å². The maximum atomic E-state index is 11.9. The van der Waals surface area contributed by atoms with Crippen LogP contribution in [0.15, 0.2) is 17.0 Å². The number of carboxylic acids is 1. The third kappa shape index (κ3) is 3.16. The monoisotopic (exact) mass is 306 g/mol. The molecule has 18 heavy (non-hydrogen) atoms. The fourth-order valence-electron chi connectivity index (χ4n) is 1.23. The van der Waals surface area contributed by atoms with E-state index in [1.165, 1.54) is 0 Å². The molecule has 0 fully saturated rings. The second-order valence-electron chi connectivity index (χ2n) is 3.34. The van der Waals surface area contributed by atoms with Crippen molar-refractivity contribution in [2.45, 2.75) is 11.3 Å². The van der Waals surface area contributed by atoms with Gasteiger partial charge in [-0.1, -0.05) is 23.2 Å². The van der Waals surface area contributed by atoms with Gasteiger partial charge in [0, 0.05) is 6.42 Å². The highest BCUT2D eigenvalue weighted by molar-refractivity contribution is 7.91. The summed E-state index contributed by atoms with van der Waals surface area (Å²) in [6.07, 6.45) is 5.01. The SMILES string of the molecule is C#CCCS(=O)(=O)c1cc(C(=O)O)c(Cl)cc1Cl. The Morgan fingerprint density at radius 1 is 1.33 bits per heavy atom. The maximum absolute atomic E-state index is 11.9. The van der Waals surface area contributed by atoms with E-state index in [1.807, 2.05) is 0 Å². The fraction of sp³-hybridized carbons (Fsp3) is 0.182. The van der Waals surface area contributed by atoms with Gasteiger partial charge in [-0.3, -0.25) is 0 Å². The van der Waals surface area contributed by atoms with Gasteiger partial charge in [0.25, 0.3) is 0 Å². The number of aromatic carboxylic acids is 1. The third-order valence-corrected chi connectivity index (χ3v) is 4.59. The number of rotatable bonds is 4. The van der Waals surface area contributed by atoms with Gasteiger partial charge in [0.05, 0.1) is 26.3 Å². The van der Waals surface area contributed by atoms with Crippen molar-refractivity contribution in [2.24, 2.45) is 0 Å². The van der Waals surface area contributed by atoms with Gasteiger partial charge in [-0.2, -0.15) is 0 Å². The van der Waals surface area contributed by atoms with Gasteiger partial charge in [-0.15, -0.1) is 12.3 Å². The molecule has 0 saturated heterocycles. The van der Waals surface area contributed by atoms with Crippen molar-refractivity contribution in [1.29, 1.82) is 0 Å². The van der Waals surface area contributed by atoms with E-state index < -0.39 is 15.8 Å². The Morgan fingerprint density at radius 2 is 1.94 bits per heavy atom. The van der Waals surface area contributed by atoms with Crippen LogP contribution < -0.4 is 0 Å². The van der Waals surface area contributed by atoms with Gasteiger partial charge < -0.3 is 5.11 Å². The van der Waals surface area contributed by atoms with Crippen LogP contribution in [0.4, 0.5) is 0 Å². The molecule has 1 aromatic carbocycles. The summed E-state index contributed by atoms with van der Waals surface area (Å²) in [6, 6.07) is 2.04. The quantitative estimate of drug-likeness (QED) is 0.868. The number of terminal acetylenes is 1. The number of halogens is 2. The molecular formula is C11H8Cl2O4S. The normalized spacial score (nSPS) is 10.9. The van der Waals surface area contributed by atoms with E-state index in [9.17, 15) is 13.2 Å². The second-order valence-corrected chi connectivity index (χ2v) is 6.23. The largest absolute Gasteiger partial charge is 0.478 e. The molecule has 0 aromatic heterocycles. The van der Waals surface area contributed by atoms with E-state index >= 15 is 0 Å². The molecule has 0 bridgehead atoms. The summed E-state index contributed by atoms with van der Waals surface area (Å²) < 4.78 is 23.8. The Bertz CT molecular complexity index is 629. The Morgan fingerprint density at radius 3 is 2.44 bits per heavy atom. The number of hydrogen-bond donors (Lipinski definition) is 1. The van der Waals surface area contributed by atoms with Crippen molar-refractivity contribution < 1.29 is 18.3 Å². The zero-order valence-electron chi connectivity index (χ0n) is 8.98. The first-order chi connectivity index (χ1) is 8.29. The predicted molar refractivity (Wildman–Crippen MR) is 68.9 cm³/mol. The van der Waals surface area contributed by atoms with E-state index in [-0.39, 0.29) is 32.7 Å². The lowest BCUT2D eigenvalue weighted by Crippen LogP contribution is -2.09. The summed E-state index contributed by atoms with van der Waals surface area (Å²) in [5, 5.41) is 8.62. The van der Waals surface area contributed by atoms with E-state index in [1.54, 1.807) is 0 Å². The van der Waals surface area contributed by atoms with Gasteiger partial charge in [0.1, 0.15) is 0 Å². The first-order valence-electron chi connectivity index (χ1n) is 4.68. The van der Waals surface area contributed by atoms with Crippen LogP contribution in [-0.2, 0) is 9.84 Å². The van der Waals surface area contributed by atoms with Crippen LogP contribution in [0.1, 0.15) is 16.8 Å². The van der Waals surface area contributed by atoms with Gasteiger partial charge in [0.15, 0.2) is 9.84 Å². The minimum atomic E-state index is -3.72. The Balaban J connectivity index is 3.38. The average Bonchev–Trinajstić information content (AvgIpc) is 2.25. The average molecular weight is 307 g/mol. The first-order valence-corrected chi connectivity index (χ1v) is 7.09.